The van der Waals surface area contributed by atoms with Crippen LogP contribution in [0.2, 0.25) is 10.0 Å². The number of nitriles is 1. The van der Waals surface area contributed by atoms with Crippen LogP contribution in [0.15, 0.2) is 23.1 Å². The third-order valence-electron chi connectivity index (χ3n) is 2.52. The Balaban J connectivity index is 3.17. The maximum absolute atomic E-state index is 12.6. The fraction of sp³-hybridized carbons (Fsp3) is 0.462. The average Bonchev–Trinajstić information content (AvgIpc) is 2.32. The molecule has 0 N–H and O–H groups in total. The second-order valence-corrected chi connectivity index (χ2v) is 7.58. The molecule has 0 spiro atoms. The molecule has 0 amide bonds. The average molecular weight is 335 g/mol. The summed E-state index contributed by atoms with van der Waals surface area (Å²) >= 11 is 11.7. The van der Waals surface area contributed by atoms with Gasteiger partial charge in [-0.25, -0.2) is 8.42 Å². The van der Waals surface area contributed by atoms with Gasteiger partial charge in [0.1, 0.15) is 0 Å². The number of rotatable bonds is 6. The lowest BCUT2D eigenvalue weighted by Gasteiger charge is -2.23. The van der Waals surface area contributed by atoms with Crippen LogP contribution in [0.1, 0.15) is 20.3 Å². The van der Waals surface area contributed by atoms with E-state index in [1.165, 1.54) is 22.5 Å². The normalized spacial score (nSPS) is 11.8. The van der Waals surface area contributed by atoms with Crippen LogP contribution in [-0.2, 0) is 10.0 Å². The molecule has 0 fully saturated rings. The molecule has 4 nitrogen and oxygen atoms in total. The van der Waals surface area contributed by atoms with E-state index in [9.17, 15) is 8.42 Å². The zero-order chi connectivity index (χ0) is 15.3. The monoisotopic (exact) mass is 334 g/mol. The Labute approximate surface area is 130 Å². The van der Waals surface area contributed by atoms with Crippen LogP contribution in [-0.4, -0.2) is 25.8 Å². The Morgan fingerprint density at radius 1 is 1.25 bits per heavy atom. The van der Waals surface area contributed by atoms with E-state index < -0.39 is 10.0 Å². The maximum atomic E-state index is 12.6. The highest BCUT2D eigenvalue weighted by molar-refractivity contribution is 7.89. The lowest BCUT2D eigenvalue weighted by molar-refractivity contribution is 0.373. The standard InChI is InChI=1S/C13H16Cl2N2O2S/c1-10(2)9-17(5-3-4-16)20(18,19)13-7-11(14)6-12(15)8-13/h6-8,10H,3,5,9H2,1-2H3. The predicted molar refractivity (Wildman–Crippen MR) is 80.3 cm³/mol. The largest absolute Gasteiger partial charge is 0.243 e. The van der Waals surface area contributed by atoms with Crippen molar-refractivity contribution in [3.63, 3.8) is 0 Å². The molecule has 1 rings (SSSR count). The second-order valence-electron chi connectivity index (χ2n) is 4.77. The zero-order valence-electron chi connectivity index (χ0n) is 11.3. The topological polar surface area (TPSA) is 61.2 Å². The van der Waals surface area contributed by atoms with Gasteiger partial charge in [0.15, 0.2) is 0 Å². The molecule has 0 heterocycles. The Bertz CT molecular complexity index is 589. The summed E-state index contributed by atoms with van der Waals surface area (Å²) in [6.45, 7) is 4.33. The lowest BCUT2D eigenvalue weighted by atomic mass is 10.2. The van der Waals surface area contributed by atoms with Crippen molar-refractivity contribution >= 4 is 33.2 Å². The summed E-state index contributed by atoms with van der Waals surface area (Å²) in [6.07, 6.45) is 0.139. The van der Waals surface area contributed by atoms with Gasteiger partial charge in [-0.1, -0.05) is 37.0 Å². The van der Waals surface area contributed by atoms with Crippen LogP contribution in [0.5, 0.6) is 0 Å². The SMILES string of the molecule is CC(C)CN(CCC#N)S(=O)(=O)c1cc(Cl)cc(Cl)c1. The number of sulfonamides is 1. The van der Waals surface area contributed by atoms with Crippen LogP contribution in [0.3, 0.4) is 0 Å². The van der Waals surface area contributed by atoms with E-state index in [4.69, 9.17) is 28.5 Å². The number of hydrogen-bond acceptors (Lipinski definition) is 3. The molecule has 0 unspecified atom stereocenters. The molecule has 7 heteroatoms. The van der Waals surface area contributed by atoms with Crippen LogP contribution in [0, 0.1) is 17.2 Å². The van der Waals surface area contributed by atoms with Crippen molar-refractivity contribution in [2.45, 2.75) is 25.2 Å². The molecule has 0 aliphatic rings. The molecule has 110 valence electrons. The van der Waals surface area contributed by atoms with Gasteiger partial charge in [-0.3, -0.25) is 0 Å². The van der Waals surface area contributed by atoms with Gasteiger partial charge in [0.05, 0.1) is 11.0 Å². The minimum Gasteiger partial charge on any atom is -0.207 e. The molecule has 0 radical (unpaired) electrons. The molecular weight excluding hydrogens is 319 g/mol. The van der Waals surface area contributed by atoms with E-state index in [2.05, 4.69) is 0 Å². The number of hydrogen-bond donors (Lipinski definition) is 0. The lowest BCUT2D eigenvalue weighted by Crippen LogP contribution is -2.35. The first-order valence-corrected chi connectivity index (χ1v) is 8.30. The van der Waals surface area contributed by atoms with Crippen molar-refractivity contribution in [1.29, 1.82) is 5.26 Å². The zero-order valence-corrected chi connectivity index (χ0v) is 13.6. The van der Waals surface area contributed by atoms with Gasteiger partial charge in [-0.2, -0.15) is 9.57 Å². The van der Waals surface area contributed by atoms with E-state index >= 15 is 0 Å². The fourth-order valence-corrected chi connectivity index (χ4v) is 4.05. The molecule has 0 aliphatic heterocycles. The van der Waals surface area contributed by atoms with Gasteiger partial charge >= 0.3 is 0 Å². The third-order valence-corrected chi connectivity index (χ3v) is 4.79. The van der Waals surface area contributed by atoms with Gasteiger partial charge in [-0.05, 0) is 24.1 Å². The first kappa shape index (κ1) is 17.3. The molecular formula is C13H16Cl2N2O2S. The summed E-state index contributed by atoms with van der Waals surface area (Å²) in [6, 6.07) is 6.16. The Morgan fingerprint density at radius 2 is 1.80 bits per heavy atom. The molecule has 1 aromatic carbocycles. The van der Waals surface area contributed by atoms with Gasteiger partial charge in [-0.15, -0.1) is 0 Å². The van der Waals surface area contributed by atoms with E-state index in [-0.39, 0.29) is 33.8 Å². The number of nitrogens with zero attached hydrogens (tertiary/aromatic N) is 2. The van der Waals surface area contributed by atoms with Gasteiger partial charge in [0.2, 0.25) is 10.0 Å². The van der Waals surface area contributed by atoms with E-state index in [0.717, 1.165) is 0 Å². The summed E-state index contributed by atoms with van der Waals surface area (Å²) in [5.41, 5.74) is 0. The van der Waals surface area contributed by atoms with Gasteiger partial charge in [0.25, 0.3) is 0 Å². The summed E-state index contributed by atoms with van der Waals surface area (Å²) in [5, 5.41) is 9.19. The molecule has 1 aromatic rings. The summed E-state index contributed by atoms with van der Waals surface area (Å²) in [7, 11) is -3.70. The molecule has 0 bridgehead atoms. The van der Waals surface area contributed by atoms with Crippen LogP contribution < -0.4 is 0 Å². The number of halogens is 2. The van der Waals surface area contributed by atoms with Crippen molar-refractivity contribution in [3.8, 4) is 6.07 Å². The molecule has 0 aromatic heterocycles. The van der Waals surface area contributed by atoms with E-state index in [1.807, 2.05) is 19.9 Å². The Morgan fingerprint density at radius 3 is 2.25 bits per heavy atom. The highest BCUT2D eigenvalue weighted by Crippen LogP contribution is 2.25. The summed E-state index contributed by atoms with van der Waals surface area (Å²) in [5.74, 6) is 0.151. The first-order chi connectivity index (χ1) is 9.27. The fourth-order valence-electron chi connectivity index (χ4n) is 1.72. The maximum Gasteiger partial charge on any atom is 0.243 e. The summed E-state index contributed by atoms with van der Waals surface area (Å²) < 4.78 is 26.4. The smallest absolute Gasteiger partial charge is 0.207 e. The van der Waals surface area contributed by atoms with Gasteiger partial charge < -0.3 is 0 Å². The highest BCUT2D eigenvalue weighted by Gasteiger charge is 2.25. The first-order valence-electron chi connectivity index (χ1n) is 6.10. The van der Waals surface area contributed by atoms with Crippen molar-refractivity contribution in [2.75, 3.05) is 13.1 Å². The number of benzene rings is 1. The van der Waals surface area contributed by atoms with E-state index in [0.29, 0.717) is 6.54 Å². The molecule has 0 saturated heterocycles. The van der Waals surface area contributed by atoms with Crippen molar-refractivity contribution in [3.05, 3.63) is 28.2 Å². The molecule has 20 heavy (non-hydrogen) atoms. The Hall–Kier alpha value is -0.800. The van der Waals surface area contributed by atoms with Gasteiger partial charge in [0, 0.05) is 29.6 Å². The molecule has 0 saturated carbocycles. The van der Waals surface area contributed by atoms with Crippen LogP contribution in [0.25, 0.3) is 0 Å². The third kappa shape index (κ3) is 4.64. The minimum atomic E-state index is -3.70. The van der Waals surface area contributed by atoms with Crippen molar-refractivity contribution < 1.29 is 8.42 Å². The quantitative estimate of drug-likeness (QED) is 0.799. The van der Waals surface area contributed by atoms with Crippen LogP contribution in [0.4, 0.5) is 0 Å². The highest BCUT2D eigenvalue weighted by atomic mass is 35.5. The van der Waals surface area contributed by atoms with E-state index in [1.54, 1.807) is 0 Å². The van der Waals surface area contributed by atoms with Crippen molar-refractivity contribution in [1.82, 2.24) is 4.31 Å². The predicted octanol–water partition coefficient (Wildman–Crippen LogP) is 3.55. The minimum absolute atomic E-state index is 0.0496. The summed E-state index contributed by atoms with van der Waals surface area (Å²) in [4.78, 5) is 0.0496. The molecule has 0 atom stereocenters. The van der Waals surface area contributed by atoms with Crippen molar-refractivity contribution in [2.24, 2.45) is 5.92 Å². The molecule has 0 aliphatic carbocycles. The van der Waals surface area contributed by atoms with Crippen LogP contribution >= 0.6 is 23.2 Å². The Kier molecular flexibility index (Phi) is 6.28. The second kappa shape index (κ2) is 7.28.